The van der Waals surface area contributed by atoms with Gasteiger partial charge in [0.25, 0.3) is 0 Å². The molecule has 7 heteroatoms. The summed E-state index contributed by atoms with van der Waals surface area (Å²) in [5.74, 6) is -0.544. The summed E-state index contributed by atoms with van der Waals surface area (Å²) in [7, 11) is 1.19. The Morgan fingerprint density at radius 2 is 1.88 bits per heavy atom. The molecule has 0 aromatic heterocycles. The number of carbonyl (C=O) groups excluding carboxylic acids is 1. The predicted molar refractivity (Wildman–Crippen MR) is 60.0 cm³/mol. The van der Waals surface area contributed by atoms with E-state index in [0.717, 1.165) is 0 Å². The van der Waals surface area contributed by atoms with Crippen molar-refractivity contribution < 1.29 is 22.7 Å². The van der Waals surface area contributed by atoms with Crippen LogP contribution in [0.25, 0.3) is 0 Å². The maximum atomic E-state index is 12.2. The molecule has 0 bridgehead atoms. The Morgan fingerprint density at radius 3 is 2.24 bits per heavy atom. The van der Waals surface area contributed by atoms with Gasteiger partial charge in [-0.05, 0) is 11.5 Å². The minimum atomic E-state index is -4.63. The van der Waals surface area contributed by atoms with E-state index in [0.29, 0.717) is 6.08 Å². The first kappa shape index (κ1) is 16.6. The lowest BCUT2D eigenvalue weighted by molar-refractivity contribution is -0.142. The molecule has 0 amide bonds. The lowest BCUT2D eigenvalue weighted by atomic mass is 9.85. The van der Waals surface area contributed by atoms with Gasteiger partial charge in [-0.3, -0.25) is 4.79 Å². The Kier molecular flexibility index (Phi) is 5.81. The Balaban J connectivity index is 4.80. The number of halogens is 5. The molecule has 0 rings (SSSR count). The highest BCUT2D eigenvalue weighted by molar-refractivity contribution is 6.31. The molecular weight excluding hydrogens is 280 g/mol. The standard InChI is InChI=1S/C10H13Cl2F3O2/c1-9(2,5-8(16)17-3)6(11)4-7(12)10(13,14)15/h4,6H,5H2,1-3H3. The van der Waals surface area contributed by atoms with E-state index in [1.807, 2.05) is 0 Å². The Labute approximate surface area is 108 Å². The van der Waals surface area contributed by atoms with Crippen LogP contribution in [0.1, 0.15) is 20.3 Å². The van der Waals surface area contributed by atoms with Crippen molar-refractivity contribution in [2.45, 2.75) is 31.8 Å². The molecule has 0 spiro atoms. The molecule has 17 heavy (non-hydrogen) atoms. The van der Waals surface area contributed by atoms with E-state index in [1.165, 1.54) is 7.11 Å². The number of alkyl halides is 4. The summed E-state index contributed by atoms with van der Waals surface area (Å²) in [5.41, 5.74) is -0.889. The second-order valence-electron chi connectivity index (χ2n) is 4.16. The largest absolute Gasteiger partial charge is 0.469 e. The molecule has 0 aromatic carbocycles. The molecule has 0 aliphatic heterocycles. The van der Waals surface area contributed by atoms with Crippen LogP contribution in [-0.4, -0.2) is 24.6 Å². The molecule has 1 unspecified atom stereocenters. The fourth-order valence-corrected chi connectivity index (χ4v) is 1.38. The number of esters is 1. The zero-order chi connectivity index (χ0) is 13.9. The van der Waals surface area contributed by atoms with E-state index in [4.69, 9.17) is 23.2 Å². The van der Waals surface area contributed by atoms with Crippen LogP contribution >= 0.6 is 23.2 Å². The van der Waals surface area contributed by atoms with Gasteiger partial charge in [-0.25, -0.2) is 0 Å². The summed E-state index contributed by atoms with van der Waals surface area (Å²) in [6.07, 6.45) is -4.04. The van der Waals surface area contributed by atoms with Crippen molar-refractivity contribution in [1.82, 2.24) is 0 Å². The first-order valence-electron chi connectivity index (χ1n) is 4.66. The number of ether oxygens (including phenoxy) is 1. The average molecular weight is 293 g/mol. The van der Waals surface area contributed by atoms with Crippen molar-refractivity contribution in [3.63, 3.8) is 0 Å². The van der Waals surface area contributed by atoms with Gasteiger partial charge < -0.3 is 4.74 Å². The Bertz CT molecular complexity index is 311. The topological polar surface area (TPSA) is 26.3 Å². The van der Waals surface area contributed by atoms with Crippen LogP contribution < -0.4 is 0 Å². The van der Waals surface area contributed by atoms with Gasteiger partial charge in [-0.15, -0.1) is 11.6 Å². The number of hydrogen-bond acceptors (Lipinski definition) is 2. The second kappa shape index (κ2) is 5.96. The maximum absolute atomic E-state index is 12.2. The highest BCUT2D eigenvalue weighted by Gasteiger charge is 2.36. The summed E-state index contributed by atoms with van der Waals surface area (Å²) in [6, 6.07) is 0. The smallest absolute Gasteiger partial charge is 0.426 e. The molecule has 0 fully saturated rings. The number of rotatable bonds is 4. The molecule has 1 atom stereocenters. The minimum absolute atomic E-state index is 0.101. The van der Waals surface area contributed by atoms with Crippen LogP contribution in [0.3, 0.4) is 0 Å². The minimum Gasteiger partial charge on any atom is -0.469 e. The molecule has 100 valence electrons. The van der Waals surface area contributed by atoms with E-state index in [-0.39, 0.29) is 6.42 Å². The number of hydrogen-bond donors (Lipinski definition) is 0. The lowest BCUT2D eigenvalue weighted by Crippen LogP contribution is -2.28. The molecule has 0 radical (unpaired) electrons. The third-order valence-electron chi connectivity index (χ3n) is 2.14. The van der Waals surface area contributed by atoms with Crippen LogP contribution in [0.2, 0.25) is 0 Å². The van der Waals surface area contributed by atoms with Gasteiger partial charge in [0.2, 0.25) is 0 Å². The van der Waals surface area contributed by atoms with Gasteiger partial charge >= 0.3 is 12.1 Å². The van der Waals surface area contributed by atoms with Crippen LogP contribution in [0, 0.1) is 5.41 Å². The van der Waals surface area contributed by atoms with Gasteiger partial charge in [0.15, 0.2) is 0 Å². The first-order valence-corrected chi connectivity index (χ1v) is 5.47. The van der Waals surface area contributed by atoms with Gasteiger partial charge in [-0.1, -0.05) is 25.4 Å². The number of carbonyl (C=O) groups is 1. The zero-order valence-corrected chi connectivity index (χ0v) is 11.1. The number of allylic oxidation sites excluding steroid dienone is 2. The molecule has 0 aliphatic carbocycles. The van der Waals surface area contributed by atoms with Crippen molar-refractivity contribution in [1.29, 1.82) is 0 Å². The Hall–Kier alpha value is -0.420. The first-order chi connectivity index (χ1) is 7.50. The molecule has 0 saturated heterocycles. The van der Waals surface area contributed by atoms with Gasteiger partial charge in [0.1, 0.15) is 5.03 Å². The van der Waals surface area contributed by atoms with Gasteiger partial charge in [0.05, 0.1) is 18.9 Å². The van der Waals surface area contributed by atoms with Crippen LogP contribution in [0.5, 0.6) is 0 Å². The molecule has 0 saturated carbocycles. The van der Waals surface area contributed by atoms with Crippen molar-refractivity contribution in [3.05, 3.63) is 11.1 Å². The average Bonchev–Trinajstić information content (AvgIpc) is 2.15. The summed E-state index contributed by atoms with van der Waals surface area (Å²) in [4.78, 5) is 11.1. The summed E-state index contributed by atoms with van der Waals surface area (Å²) < 4.78 is 41.0. The fourth-order valence-electron chi connectivity index (χ4n) is 0.990. The lowest BCUT2D eigenvalue weighted by Gasteiger charge is -2.27. The van der Waals surface area contributed by atoms with E-state index < -0.39 is 28.0 Å². The molecule has 0 aliphatic rings. The van der Waals surface area contributed by atoms with Crippen molar-refractivity contribution in [3.8, 4) is 0 Å². The quantitative estimate of drug-likeness (QED) is 0.581. The normalized spacial score (nSPS) is 15.6. The predicted octanol–water partition coefficient (Wildman–Crippen LogP) is 3.87. The third kappa shape index (κ3) is 5.64. The van der Waals surface area contributed by atoms with Crippen molar-refractivity contribution in [2.75, 3.05) is 7.11 Å². The third-order valence-corrected chi connectivity index (χ3v) is 3.19. The molecule has 0 heterocycles. The van der Waals surface area contributed by atoms with E-state index >= 15 is 0 Å². The highest BCUT2D eigenvalue weighted by Crippen LogP contribution is 2.35. The highest BCUT2D eigenvalue weighted by atomic mass is 35.5. The molecule has 0 aromatic rings. The van der Waals surface area contributed by atoms with Crippen LogP contribution in [0.15, 0.2) is 11.1 Å². The van der Waals surface area contributed by atoms with Crippen molar-refractivity contribution in [2.24, 2.45) is 5.41 Å². The molecule has 2 nitrogen and oxygen atoms in total. The van der Waals surface area contributed by atoms with E-state index in [9.17, 15) is 18.0 Å². The van der Waals surface area contributed by atoms with Crippen LogP contribution in [-0.2, 0) is 9.53 Å². The molecule has 0 N–H and O–H groups in total. The zero-order valence-electron chi connectivity index (χ0n) is 9.57. The SMILES string of the molecule is COC(=O)CC(C)(C)C(Cl)C=C(Cl)C(F)(F)F. The summed E-state index contributed by atoms with van der Waals surface area (Å²) in [6.45, 7) is 3.11. The van der Waals surface area contributed by atoms with Gasteiger partial charge in [-0.2, -0.15) is 13.2 Å². The van der Waals surface area contributed by atoms with Gasteiger partial charge in [0, 0.05) is 0 Å². The van der Waals surface area contributed by atoms with E-state index in [1.54, 1.807) is 13.8 Å². The van der Waals surface area contributed by atoms with E-state index in [2.05, 4.69) is 4.74 Å². The number of methoxy groups -OCH3 is 1. The Morgan fingerprint density at radius 1 is 1.41 bits per heavy atom. The molecular formula is C10H13Cl2F3O2. The fraction of sp³-hybridized carbons (Fsp3) is 0.700. The summed E-state index contributed by atoms with van der Waals surface area (Å²) >= 11 is 10.9. The summed E-state index contributed by atoms with van der Waals surface area (Å²) in [5, 5.41) is -2.33. The monoisotopic (exact) mass is 292 g/mol. The maximum Gasteiger partial charge on any atom is 0.426 e. The second-order valence-corrected chi connectivity index (χ2v) is 5.03. The van der Waals surface area contributed by atoms with Crippen molar-refractivity contribution >= 4 is 29.2 Å². The van der Waals surface area contributed by atoms with Crippen LogP contribution in [0.4, 0.5) is 13.2 Å².